The van der Waals surface area contributed by atoms with Crippen LogP contribution in [0.25, 0.3) is 0 Å². The van der Waals surface area contributed by atoms with Crippen molar-refractivity contribution in [2.24, 2.45) is 0 Å². The average molecular weight is 705 g/mol. The number of nitrogens with one attached hydrogen (secondary N) is 1. The summed E-state index contributed by atoms with van der Waals surface area (Å²) in [6.07, 6.45) is -0.841. The number of alkyl carbamates (subject to hydrolysis) is 1. The van der Waals surface area contributed by atoms with E-state index in [0.717, 1.165) is 5.56 Å². The van der Waals surface area contributed by atoms with Crippen LogP contribution in [-0.2, 0) is 58.7 Å². The molecule has 0 heterocycles. The summed E-state index contributed by atoms with van der Waals surface area (Å²) < 4.78 is 59.6. The molecule has 15 nitrogen and oxygen atoms in total. The van der Waals surface area contributed by atoms with Gasteiger partial charge < -0.3 is 62.3 Å². The minimum Gasteiger partial charge on any atom is -0.445 e. The van der Waals surface area contributed by atoms with Crippen molar-refractivity contribution in [1.29, 1.82) is 0 Å². The Morgan fingerprint density at radius 3 is 1.33 bits per heavy atom. The molecule has 284 valence electrons. The van der Waals surface area contributed by atoms with Crippen molar-refractivity contribution in [3.8, 4) is 0 Å². The largest absolute Gasteiger partial charge is 0.445 e. The number of hydrogen-bond donors (Lipinski definition) is 1. The van der Waals surface area contributed by atoms with Gasteiger partial charge in [-0.2, -0.15) is 0 Å². The molecule has 15 heteroatoms. The van der Waals surface area contributed by atoms with Gasteiger partial charge in [0.25, 0.3) is 0 Å². The zero-order valence-corrected chi connectivity index (χ0v) is 30.0. The van der Waals surface area contributed by atoms with Crippen LogP contribution in [0.3, 0.4) is 0 Å². The van der Waals surface area contributed by atoms with Gasteiger partial charge in [-0.25, -0.2) is 9.59 Å². The van der Waals surface area contributed by atoms with Crippen LogP contribution in [-0.4, -0.2) is 162 Å². The van der Waals surface area contributed by atoms with Crippen LogP contribution in [0.2, 0.25) is 0 Å². The Morgan fingerprint density at radius 1 is 0.571 bits per heavy atom. The molecule has 1 aromatic carbocycles. The zero-order chi connectivity index (χ0) is 35.7. The van der Waals surface area contributed by atoms with E-state index in [1.165, 1.54) is 4.90 Å². The second-order valence-corrected chi connectivity index (χ2v) is 11.4. The van der Waals surface area contributed by atoms with Crippen LogP contribution in [0.1, 0.15) is 26.3 Å². The Labute approximate surface area is 292 Å². The molecule has 0 aliphatic carbocycles. The third-order valence-electron chi connectivity index (χ3n) is 5.98. The van der Waals surface area contributed by atoms with E-state index in [1.807, 2.05) is 51.1 Å². The molecule has 0 saturated heterocycles. The summed E-state index contributed by atoms with van der Waals surface area (Å²) in [5.41, 5.74) is 0.421. The quantitative estimate of drug-likeness (QED) is 0.110. The number of carbonyl (C=O) groups excluding carboxylic acids is 2. The van der Waals surface area contributed by atoms with Crippen LogP contribution >= 0.6 is 0 Å². The van der Waals surface area contributed by atoms with Gasteiger partial charge in [0, 0.05) is 20.1 Å². The monoisotopic (exact) mass is 704 g/mol. The molecule has 0 radical (unpaired) electrons. The lowest BCUT2D eigenvalue weighted by atomic mass is 10.2. The first-order valence-electron chi connectivity index (χ1n) is 16.9. The van der Waals surface area contributed by atoms with Gasteiger partial charge in [-0.3, -0.25) is 0 Å². The summed E-state index contributed by atoms with van der Waals surface area (Å²) in [5.74, 6) is 0. The number of carbonyl (C=O) groups is 2. The van der Waals surface area contributed by atoms with Gasteiger partial charge in [0.1, 0.15) is 12.2 Å². The molecule has 0 unspecified atom stereocenters. The molecule has 0 spiro atoms. The Kier molecular flexibility index (Phi) is 28.5. The third kappa shape index (κ3) is 31.1. The Bertz CT molecular complexity index is 906. The van der Waals surface area contributed by atoms with Crippen molar-refractivity contribution >= 4 is 12.2 Å². The van der Waals surface area contributed by atoms with Crippen LogP contribution < -0.4 is 5.32 Å². The van der Waals surface area contributed by atoms with Crippen molar-refractivity contribution in [3.05, 3.63) is 35.9 Å². The standard InChI is InChI=1S/C34H60N2O13/c1-34(2,3)49-33(38)36(4)11-13-40-15-17-42-19-21-44-23-25-46-27-29-47-28-26-45-24-22-43-20-18-41-16-14-39-12-10-35-32(37)48-30-31-8-6-5-7-9-31/h5-9H,10-30H2,1-4H3,(H,35,37). The molecule has 0 aromatic heterocycles. The van der Waals surface area contributed by atoms with Gasteiger partial charge in [-0.15, -0.1) is 0 Å². The fourth-order valence-electron chi connectivity index (χ4n) is 3.49. The van der Waals surface area contributed by atoms with Crippen LogP contribution in [0.4, 0.5) is 9.59 Å². The molecular weight excluding hydrogens is 644 g/mol. The SMILES string of the molecule is CN(CCOCCOCCOCCOCCOCCOCCOCCOCCOCCNC(=O)OCc1ccccc1)C(=O)OC(C)(C)C. The number of ether oxygens (including phenoxy) is 11. The molecule has 2 amide bonds. The Morgan fingerprint density at radius 2 is 0.939 bits per heavy atom. The van der Waals surface area contributed by atoms with E-state index in [2.05, 4.69) is 5.32 Å². The number of benzene rings is 1. The molecule has 0 saturated carbocycles. The second-order valence-electron chi connectivity index (χ2n) is 11.4. The molecule has 0 bridgehead atoms. The maximum absolute atomic E-state index is 11.9. The van der Waals surface area contributed by atoms with E-state index < -0.39 is 11.7 Å². The minimum absolute atomic E-state index is 0.234. The first kappa shape index (κ1) is 44.4. The van der Waals surface area contributed by atoms with Crippen LogP contribution in [0.15, 0.2) is 30.3 Å². The first-order valence-corrected chi connectivity index (χ1v) is 16.9. The van der Waals surface area contributed by atoms with Gasteiger partial charge >= 0.3 is 12.2 Å². The van der Waals surface area contributed by atoms with Gasteiger partial charge in [-0.05, 0) is 26.3 Å². The van der Waals surface area contributed by atoms with Crippen molar-refractivity contribution in [3.63, 3.8) is 0 Å². The summed E-state index contributed by atoms with van der Waals surface area (Å²) in [4.78, 5) is 25.0. The summed E-state index contributed by atoms with van der Waals surface area (Å²) in [6.45, 7) is 14.8. The summed E-state index contributed by atoms with van der Waals surface area (Å²) in [6, 6.07) is 9.49. The summed E-state index contributed by atoms with van der Waals surface area (Å²) in [5, 5.41) is 2.64. The van der Waals surface area contributed by atoms with Gasteiger partial charge in [0.05, 0.1) is 119 Å². The van der Waals surface area contributed by atoms with Crippen molar-refractivity contribution in [1.82, 2.24) is 10.2 Å². The highest BCUT2D eigenvalue weighted by Crippen LogP contribution is 2.08. The fraction of sp³-hybridized carbons (Fsp3) is 0.765. The highest BCUT2D eigenvalue weighted by molar-refractivity contribution is 5.67. The number of likely N-dealkylation sites (N-methyl/N-ethyl adjacent to an activating group) is 1. The number of hydrogen-bond acceptors (Lipinski definition) is 13. The minimum atomic E-state index is -0.514. The maximum atomic E-state index is 11.9. The molecule has 1 aromatic rings. The van der Waals surface area contributed by atoms with Crippen LogP contribution in [0.5, 0.6) is 0 Å². The predicted molar refractivity (Wildman–Crippen MR) is 181 cm³/mol. The van der Waals surface area contributed by atoms with E-state index in [1.54, 1.807) is 7.05 Å². The molecule has 1 N–H and O–H groups in total. The normalized spacial score (nSPS) is 11.4. The highest BCUT2D eigenvalue weighted by Gasteiger charge is 2.19. The molecule has 1 rings (SSSR count). The molecule has 0 fully saturated rings. The van der Waals surface area contributed by atoms with E-state index in [-0.39, 0.29) is 12.7 Å². The third-order valence-corrected chi connectivity index (χ3v) is 5.98. The predicted octanol–water partition coefficient (Wildman–Crippen LogP) is 2.93. The van der Waals surface area contributed by atoms with Crippen molar-refractivity contribution in [2.75, 3.05) is 139 Å². The molecule has 0 aliphatic heterocycles. The first-order chi connectivity index (χ1) is 23.8. The maximum Gasteiger partial charge on any atom is 0.410 e. The average Bonchev–Trinajstić information content (AvgIpc) is 3.07. The number of amides is 2. The fourth-order valence-corrected chi connectivity index (χ4v) is 3.49. The highest BCUT2D eigenvalue weighted by atomic mass is 16.6. The number of nitrogens with zero attached hydrogens (tertiary/aromatic N) is 1. The van der Waals surface area contributed by atoms with Gasteiger partial charge in [0.15, 0.2) is 0 Å². The summed E-state index contributed by atoms with van der Waals surface area (Å²) in [7, 11) is 1.68. The van der Waals surface area contributed by atoms with Gasteiger partial charge in [0.2, 0.25) is 0 Å². The number of rotatable bonds is 32. The summed E-state index contributed by atoms with van der Waals surface area (Å²) >= 11 is 0. The van der Waals surface area contributed by atoms with Crippen molar-refractivity contribution in [2.45, 2.75) is 33.0 Å². The zero-order valence-electron chi connectivity index (χ0n) is 30.0. The molecule has 0 aliphatic rings. The topological polar surface area (TPSA) is 151 Å². The van der Waals surface area contributed by atoms with E-state index in [4.69, 9.17) is 52.1 Å². The lowest BCUT2D eigenvalue weighted by Gasteiger charge is -2.24. The van der Waals surface area contributed by atoms with E-state index in [0.29, 0.717) is 132 Å². The molecular formula is C34H60N2O13. The molecule has 0 atom stereocenters. The van der Waals surface area contributed by atoms with Crippen molar-refractivity contribution < 1.29 is 61.7 Å². The van der Waals surface area contributed by atoms with Crippen LogP contribution in [0, 0.1) is 0 Å². The Hall–Kier alpha value is -2.60. The van der Waals surface area contributed by atoms with E-state index >= 15 is 0 Å². The lowest BCUT2D eigenvalue weighted by Crippen LogP contribution is -2.36. The lowest BCUT2D eigenvalue weighted by molar-refractivity contribution is -0.0253. The Balaban J connectivity index is 1.68. The second kappa shape index (κ2) is 31.4. The molecule has 49 heavy (non-hydrogen) atoms. The van der Waals surface area contributed by atoms with E-state index in [9.17, 15) is 9.59 Å². The smallest absolute Gasteiger partial charge is 0.410 e. The van der Waals surface area contributed by atoms with Gasteiger partial charge in [-0.1, -0.05) is 30.3 Å².